The van der Waals surface area contributed by atoms with Gasteiger partial charge in [0.2, 0.25) is 0 Å². The number of hydrogen-bond acceptors (Lipinski definition) is 3. The molecule has 1 rings (SSSR count). The lowest BCUT2D eigenvalue weighted by Gasteiger charge is -2.25. The molecular weight excluding hydrogens is 178 g/mol. The molecule has 4 heteroatoms. The molecule has 0 radical (unpaired) electrons. The molecule has 0 unspecified atom stereocenters. The Balaban J connectivity index is 2.37. The average molecular weight is 199 g/mol. The Morgan fingerprint density at radius 1 is 1.57 bits per heavy atom. The molecule has 1 fully saturated rings. The molecule has 0 aromatic carbocycles. The van der Waals surface area contributed by atoms with Gasteiger partial charge in [0.25, 0.3) is 0 Å². The summed E-state index contributed by atoms with van der Waals surface area (Å²) in [4.78, 5) is 2.23. The second-order valence-corrected chi connectivity index (χ2v) is 4.29. The quantitative estimate of drug-likeness (QED) is 0.410. The molecule has 0 aromatic heterocycles. The van der Waals surface area contributed by atoms with Gasteiger partial charge in [-0.25, -0.2) is 0 Å². The van der Waals surface area contributed by atoms with Crippen LogP contribution in [0.5, 0.6) is 0 Å². The Hall–Kier alpha value is -0.610. The molecule has 0 spiro atoms. The van der Waals surface area contributed by atoms with Gasteiger partial charge >= 0.3 is 0 Å². The molecule has 1 saturated carbocycles. The van der Waals surface area contributed by atoms with E-state index in [0.29, 0.717) is 5.84 Å². The van der Waals surface area contributed by atoms with Gasteiger partial charge in [0.15, 0.2) is 0 Å². The molecular formula is C10H21N3O. The van der Waals surface area contributed by atoms with E-state index in [-0.39, 0.29) is 12.0 Å². The van der Waals surface area contributed by atoms with Gasteiger partial charge in [-0.05, 0) is 24.8 Å². The van der Waals surface area contributed by atoms with Crippen molar-refractivity contribution in [1.29, 1.82) is 5.41 Å². The highest BCUT2D eigenvalue weighted by Crippen LogP contribution is 2.49. The molecule has 0 aliphatic heterocycles. The van der Waals surface area contributed by atoms with Crippen molar-refractivity contribution >= 4 is 5.84 Å². The Morgan fingerprint density at radius 3 is 2.57 bits per heavy atom. The van der Waals surface area contributed by atoms with E-state index in [1.165, 1.54) is 12.8 Å². The smallest absolute Gasteiger partial charge is 0.0911 e. The number of hydrogen-bond donors (Lipinski definition) is 3. The van der Waals surface area contributed by atoms with E-state index in [9.17, 15) is 0 Å². The number of rotatable bonds is 7. The van der Waals surface area contributed by atoms with Crippen LogP contribution in [0, 0.1) is 10.8 Å². The van der Waals surface area contributed by atoms with Crippen LogP contribution < -0.4 is 5.73 Å². The maximum atomic E-state index is 8.86. The molecule has 14 heavy (non-hydrogen) atoms. The zero-order valence-electron chi connectivity index (χ0n) is 8.92. The number of nitrogens with one attached hydrogen (secondary N) is 1. The van der Waals surface area contributed by atoms with Crippen molar-refractivity contribution in [1.82, 2.24) is 4.90 Å². The fraction of sp³-hybridized carbons (Fsp3) is 0.900. The Bertz CT molecular complexity index is 202. The molecule has 0 bridgehead atoms. The third-order valence-electron chi connectivity index (χ3n) is 2.95. The van der Waals surface area contributed by atoms with Crippen LogP contribution in [0.2, 0.25) is 0 Å². The standard InChI is InChI=1S/C10H21N3O/c1-2-13(5-6-14)8-10(3-4-10)7-9(11)12/h14H,2-8H2,1H3,(H3,11,12). The van der Waals surface area contributed by atoms with Crippen LogP contribution in [0.3, 0.4) is 0 Å². The maximum absolute atomic E-state index is 8.86. The second kappa shape index (κ2) is 4.75. The summed E-state index contributed by atoms with van der Waals surface area (Å²) in [5, 5.41) is 16.2. The molecule has 0 aromatic rings. The zero-order valence-corrected chi connectivity index (χ0v) is 8.92. The highest BCUT2D eigenvalue weighted by molar-refractivity contribution is 5.78. The highest BCUT2D eigenvalue weighted by atomic mass is 16.3. The first kappa shape index (κ1) is 11.5. The minimum atomic E-state index is 0.212. The minimum absolute atomic E-state index is 0.212. The number of aliphatic hydroxyl groups is 1. The Labute approximate surface area is 85.6 Å². The van der Waals surface area contributed by atoms with E-state index in [1.807, 2.05) is 0 Å². The van der Waals surface area contributed by atoms with Gasteiger partial charge in [0, 0.05) is 19.5 Å². The van der Waals surface area contributed by atoms with E-state index in [0.717, 1.165) is 26.1 Å². The van der Waals surface area contributed by atoms with Gasteiger partial charge in [-0.2, -0.15) is 0 Å². The molecule has 0 heterocycles. The summed E-state index contributed by atoms with van der Waals surface area (Å²) in [5.41, 5.74) is 5.69. The SMILES string of the molecule is CCN(CCO)CC1(CC(=N)N)CC1. The van der Waals surface area contributed by atoms with E-state index in [2.05, 4.69) is 11.8 Å². The number of aliphatic hydroxyl groups excluding tert-OH is 1. The molecule has 0 saturated heterocycles. The van der Waals surface area contributed by atoms with Crippen molar-refractivity contribution in [3.63, 3.8) is 0 Å². The third kappa shape index (κ3) is 3.27. The van der Waals surface area contributed by atoms with Crippen molar-refractivity contribution < 1.29 is 5.11 Å². The van der Waals surface area contributed by atoms with Crippen molar-refractivity contribution in [2.45, 2.75) is 26.2 Å². The fourth-order valence-electron chi connectivity index (χ4n) is 1.94. The van der Waals surface area contributed by atoms with Gasteiger partial charge in [-0.1, -0.05) is 6.92 Å². The molecule has 4 nitrogen and oxygen atoms in total. The van der Waals surface area contributed by atoms with E-state index in [4.69, 9.17) is 16.2 Å². The number of nitrogens with two attached hydrogens (primary N) is 1. The molecule has 1 aliphatic carbocycles. The predicted octanol–water partition coefficient (Wildman–Crippen LogP) is 0.407. The molecule has 0 atom stereocenters. The molecule has 4 N–H and O–H groups in total. The fourth-order valence-corrected chi connectivity index (χ4v) is 1.94. The lowest BCUT2D eigenvalue weighted by molar-refractivity contribution is 0.176. The number of nitrogens with zero attached hydrogens (tertiary/aromatic N) is 1. The molecule has 0 amide bonds. The second-order valence-electron chi connectivity index (χ2n) is 4.29. The summed E-state index contributed by atoms with van der Waals surface area (Å²) in [6.07, 6.45) is 3.07. The van der Waals surface area contributed by atoms with E-state index >= 15 is 0 Å². The van der Waals surface area contributed by atoms with Crippen LogP contribution in [0.1, 0.15) is 26.2 Å². The largest absolute Gasteiger partial charge is 0.395 e. The Morgan fingerprint density at radius 2 is 2.21 bits per heavy atom. The Kier molecular flexibility index (Phi) is 3.89. The van der Waals surface area contributed by atoms with Gasteiger partial charge in [0.05, 0.1) is 12.4 Å². The zero-order chi connectivity index (χ0) is 10.6. The number of amidine groups is 1. The van der Waals surface area contributed by atoms with Crippen molar-refractivity contribution in [3.05, 3.63) is 0 Å². The van der Waals surface area contributed by atoms with Crippen LogP contribution in [0.4, 0.5) is 0 Å². The van der Waals surface area contributed by atoms with Crippen molar-refractivity contribution in [3.8, 4) is 0 Å². The number of likely N-dealkylation sites (N-methyl/N-ethyl adjacent to an activating group) is 1. The van der Waals surface area contributed by atoms with Crippen molar-refractivity contribution in [2.24, 2.45) is 11.1 Å². The third-order valence-corrected chi connectivity index (χ3v) is 2.95. The van der Waals surface area contributed by atoms with E-state index < -0.39 is 0 Å². The maximum Gasteiger partial charge on any atom is 0.0911 e. The normalized spacial score (nSPS) is 18.5. The van der Waals surface area contributed by atoms with Crippen LogP contribution in [-0.4, -0.2) is 42.1 Å². The lowest BCUT2D eigenvalue weighted by Crippen LogP contribution is -2.34. The van der Waals surface area contributed by atoms with E-state index in [1.54, 1.807) is 0 Å². The van der Waals surface area contributed by atoms with Gasteiger partial charge in [-0.3, -0.25) is 5.41 Å². The van der Waals surface area contributed by atoms with Gasteiger partial charge in [-0.15, -0.1) is 0 Å². The summed E-state index contributed by atoms with van der Waals surface area (Å²) in [7, 11) is 0. The van der Waals surface area contributed by atoms with Crippen LogP contribution in [0.15, 0.2) is 0 Å². The highest BCUT2D eigenvalue weighted by Gasteiger charge is 2.43. The van der Waals surface area contributed by atoms with Crippen LogP contribution >= 0.6 is 0 Å². The molecule has 82 valence electrons. The topological polar surface area (TPSA) is 73.3 Å². The summed E-state index contributed by atoms with van der Waals surface area (Å²) >= 11 is 0. The summed E-state index contributed by atoms with van der Waals surface area (Å²) in [5.74, 6) is 0.294. The summed E-state index contributed by atoms with van der Waals surface area (Å²) < 4.78 is 0. The van der Waals surface area contributed by atoms with Crippen molar-refractivity contribution in [2.75, 3.05) is 26.2 Å². The van der Waals surface area contributed by atoms with Gasteiger partial charge < -0.3 is 15.7 Å². The van der Waals surface area contributed by atoms with Gasteiger partial charge in [0.1, 0.15) is 0 Å². The van der Waals surface area contributed by atoms with Crippen LogP contribution in [-0.2, 0) is 0 Å². The lowest BCUT2D eigenvalue weighted by atomic mass is 10.0. The predicted molar refractivity (Wildman–Crippen MR) is 57.4 cm³/mol. The molecule has 1 aliphatic rings. The first-order chi connectivity index (χ1) is 6.62. The first-order valence-corrected chi connectivity index (χ1v) is 5.28. The average Bonchev–Trinajstić information content (AvgIpc) is 2.83. The first-order valence-electron chi connectivity index (χ1n) is 5.28. The van der Waals surface area contributed by atoms with Crippen LogP contribution in [0.25, 0.3) is 0 Å². The summed E-state index contributed by atoms with van der Waals surface area (Å²) in [6.45, 7) is 4.98. The monoisotopic (exact) mass is 199 g/mol. The summed E-state index contributed by atoms with van der Waals surface area (Å²) in [6, 6.07) is 0. The minimum Gasteiger partial charge on any atom is -0.395 e.